The molecule has 5 rings (SSSR count). The number of ether oxygens (including phenoxy) is 1. The number of aryl methyl sites for hydroxylation is 1. The van der Waals surface area contributed by atoms with Crippen LogP contribution in [0.3, 0.4) is 0 Å². The van der Waals surface area contributed by atoms with Gasteiger partial charge in [0, 0.05) is 50.9 Å². The summed E-state index contributed by atoms with van der Waals surface area (Å²) in [6.45, 7) is 8.57. The maximum Gasteiger partial charge on any atom is 0.290 e. The summed E-state index contributed by atoms with van der Waals surface area (Å²) in [4.78, 5) is 38.8. The lowest BCUT2D eigenvalue weighted by Crippen LogP contribution is -2.49. The van der Waals surface area contributed by atoms with Gasteiger partial charge in [0.05, 0.1) is 12.8 Å². The highest BCUT2D eigenvalue weighted by molar-refractivity contribution is 5.94. The maximum atomic E-state index is 13.3. The van der Waals surface area contributed by atoms with Gasteiger partial charge in [0.25, 0.3) is 17.9 Å². The Labute approximate surface area is 198 Å². The molecule has 0 saturated carbocycles. The van der Waals surface area contributed by atoms with Crippen molar-refractivity contribution in [3.8, 4) is 0 Å². The second kappa shape index (κ2) is 10.3. The summed E-state index contributed by atoms with van der Waals surface area (Å²) in [6, 6.07) is 3.72. The van der Waals surface area contributed by atoms with Crippen molar-refractivity contribution in [3.63, 3.8) is 0 Å². The first-order valence-corrected chi connectivity index (χ1v) is 11.7. The van der Waals surface area contributed by atoms with Crippen molar-refractivity contribution in [3.05, 3.63) is 51.1 Å². The highest BCUT2D eigenvalue weighted by Gasteiger charge is 2.36. The van der Waals surface area contributed by atoms with E-state index >= 15 is 0 Å². The average Bonchev–Trinajstić information content (AvgIpc) is 3.11. The van der Waals surface area contributed by atoms with Crippen molar-refractivity contribution in [2.24, 2.45) is 5.92 Å². The van der Waals surface area contributed by atoms with Crippen LogP contribution >= 0.6 is 0 Å². The highest BCUT2D eigenvalue weighted by atomic mass is 16.5. The van der Waals surface area contributed by atoms with Gasteiger partial charge >= 0.3 is 0 Å². The molecule has 2 atom stereocenters. The molecule has 3 aliphatic heterocycles. The van der Waals surface area contributed by atoms with E-state index in [-0.39, 0.29) is 29.4 Å². The number of anilines is 1. The first-order valence-electron chi connectivity index (χ1n) is 11.7. The Morgan fingerprint density at radius 2 is 1.97 bits per heavy atom. The zero-order valence-corrected chi connectivity index (χ0v) is 19.6. The van der Waals surface area contributed by atoms with Crippen molar-refractivity contribution >= 4 is 18.2 Å². The fraction of sp³-hybridized carbons (Fsp3) is 0.542. The Morgan fingerprint density at radius 3 is 2.76 bits per heavy atom. The lowest BCUT2D eigenvalue weighted by atomic mass is 9.82. The van der Waals surface area contributed by atoms with Gasteiger partial charge in [0.15, 0.2) is 5.82 Å². The smallest absolute Gasteiger partial charge is 0.290 e. The molecule has 0 unspecified atom stereocenters. The van der Waals surface area contributed by atoms with E-state index in [2.05, 4.69) is 28.9 Å². The monoisotopic (exact) mass is 469 g/mol. The number of pyridine rings is 1. The third kappa shape index (κ3) is 4.68. The summed E-state index contributed by atoms with van der Waals surface area (Å²) >= 11 is 0. The minimum absolute atomic E-state index is 0.151. The fourth-order valence-corrected chi connectivity index (χ4v) is 5.22. The molecular formula is C24H31N5O5. The van der Waals surface area contributed by atoms with E-state index in [4.69, 9.17) is 14.6 Å². The van der Waals surface area contributed by atoms with Crippen LogP contribution in [-0.2, 0) is 16.1 Å². The Bertz CT molecular complexity index is 1110. The Hall–Kier alpha value is -3.27. The normalized spacial score (nSPS) is 21.6. The molecule has 0 aliphatic carbocycles. The highest BCUT2D eigenvalue weighted by Crippen LogP contribution is 2.37. The Morgan fingerprint density at radius 1 is 1.18 bits per heavy atom. The summed E-state index contributed by atoms with van der Waals surface area (Å²) in [5.74, 6) is 1.37. The lowest BCUT2D eigenvalue weighted by Gasteiger charge is -2.43. The number of aromatic nitrogens is 3. The van der Waals surface area contributed by atoms with E-state index in [9.17, 15) is 9.59 Å². The minimum atomic E-state index is -0.250. The van der Waals surface area contributed by atoms with Crippen molar-refractivity contribution in [2.45, 2.75) is 39.2 Å². The van der Waals surface area contributed by atoms with Crippen LogP contribution in [0.5, 0.6) is 0 Å². The molecule has 3 aliphatic rings. The van der Waals surface area contributed by atoms with Crippen LogP contribution in [-0.4, -0.2) is 76.5 Å². The predicted molar refractivity (Wildman–Crippen MR) is 125 cm³/mol. The molecule has 0 radical (unpaired) electrons. The molecule has 0 spiro atoms. The van der Waals surface area contributed by atoms with E-state index < -0.39 is 0 Å². The molecule has 5 heterocycles. The van der Waals surface area contributed by atoms with Crippen LogP contribution in [0.1, 0.15) is 45.9 Å². The number of fused-ring (bicyclic) bond motifs is 4. The van der Waals surface area contributed by atoms with Crippen molar-refractivity contribution < 1.29 is 19.4 Å². The second-order valence-corrected chi connectivity index (χ2v) is 9.13. The van der Waals surface area contributed by atoms with Gasteiger partial charge in [0.1, 0.15) is 5.56 Å². The second-order valence-electron chi connectivity index (χ2n) is 9.13. The van der Waals surface area contributed by atoms with Gasteiger partial charge in [-0.15, -0.1) is 5.10 Å². The van der Waals surface area contributed by atoms with Gasteiger partial charge in [0.2, 0.25) is 0 Å². The summed E-state index contributed by atoms with van der Waals surface area (Å²) in [6.07, 6.45) is 3.66. The number of nitrogens with zero attached hydrogens (tertiary/aromatic N) is 5. The molecule has 2 aromatic rings. The Balaban J connectivity index is 0.000000868. The quantitative estimate of drug-likeness (QED) is 0.657. The summed E-state index contributed by atoms with van der Waals surface area (Å²) < 4.78 is 7.31. The standard InChI is InChI=1S/C23H29N5O3.CH2O2/c1-15-11-24-25-21(16(15)2)27-12-17-10-18(14-27)20-5-4-19(23(30)28(20)13-17)22(29)26-6-3-8-31-9-7-26;2-1-3/h4-5,11,17-18H,3,6-10,12-14H2,1-2H3;1H,(H,2,3)/t17-,18+;/m0./s1. The largest absolute Gasteiger partial charge is 0.483 e. The van der Waals surface area contributed by atoms with Crippen LogP contribution in [0.15, 0.2) is 23.1 Å². The maximum absolute atomic E-state index is 13.3. The molecule has 0 aromatic carbocycles. The summed E-state index contributed by atoms with van der Waals surface area (Å²) in [5.41, 5.74) is 3.46. The van der Waals surface area contributed by atoms with Crippen molar-refractivity contribution in [1.82, 2.24) is 19.7 Å². The third-order valence-electron chi connectivity index (χ3n) is 6.97. The van der Waals surface area contributed by atoms with Gasteiger partial charge in [-0.1, -0.05) is 0 Å². The van der Waals surface area contributed by atoms with E-state index in [1.54, 1.807) is 17.2 Å². The van der Waals surface area contributed by atoms with Crippen LogP contribution < -0.4 is 10.5 Å². The van der Waals surface area contributed by atoms with Crippen molar-refractivity contribution in [1.29, 1.82) is 0 Å². The van der Waals surface area contributed by atoms with Crippen LogP contribution in [0, 0.1) is 19.8 Å². The zero-order chi connectivity index (χ0) is 24.2. The van der Waals surface area contributed by atoms with E-state index in [1.807, 2.05) is 10.6 Å². The Kier molecular flexibility index (Phi) is 7.26. The van der Waals surface area contributed by atoms with Crippen LogP contribution in [0.4, 0.5) is 5.82 Å². The molecule has 2 saturated heterocycles. The van der Waals surface area contributed by atoms with Gasteiger partial charge in [-0.3, -0.25) is 14.4 Å². The summed E-state index contributed by atoms with van der Waals surface area (Å²) in [5, 5.41) is 15.5. The number of carboxylic acid groups (broad SMARTS) is 1. The van der Waals surface area contributed by atoms with E-state index in [1.165, 1.54) is 0 Å². The number of amides is 1. The van der Waals surface area contributed by atoms with Gasteiger partial charge in [-0.2, -0.15) is 5.10 Å². The first-order chi connectivity index (χ1) is 16.4. The summed E-state index contributed by atoms with van der Waals surface area (Å²) in [7, 11) is 0. The molecule has 1 N–H and O–H groups in total. The topological polar surface area (TPSA) is 118 Å². The SMILES string of the molecule is Cc1cnnc(N2C[C@@H]3C[C@H](C2)c2ccc(C(=O)N4CCCOCC4)c(=O)n2C3)c1C.O=CO. The van der Waals surface area contributed by atoms with Crippen molar-refractivity contribution in [2.75, 3.05) is 44.3 Å². The van der Waals surface area contributed by atoms with Gasteiger partial charge < -0.3 is 24.2 Å². The zero-order valence-electron chi connectivity index (χ0n) is 19.6. The number of hydrogen-bond acceptors (Lipinski definition) is 7. The fourth-order valence-electron chi connectivity index (χ4n) is 5.22. The number of piperidine rings is 1. The molecule has 2 bridgehead atoms. The molecule has 182 valence electrons. The van der Waals surface area contributed by atoms with E-state index in [0.29, 0.717) is 38.8 Å². The predicted octanol–water partition coefficient (Wildman–Crippen LogP) is 1.44. The minimum Gasteiger partial charge on any atom is -0.483 e. The van der Waals surface area contributed by atoms with E-state index in [0.717, 1.165) is 48.6 Å². The van der Waals surface area contributed by atoms with Gasteiger partial charge in [-0.05, 0) is 55.9 Å². The number of carbonyl (C=O) groups excluding carboxylic acids is 1. The van der Waals surface area contributed by atoms with Crippen LogP contribution in [0.2, 0.25) is 0 Å². The third-order valence-corrected chi connectivity index (χ3v) is 6.97. The lowest BCUT2D eigenvalue weighted by molar-refractivity contribution is -0.122. The average molecular weight is 470 g/mol. The molecule has 2 fully saturated rings. The molecule has 1 amide bonds. The number of carbonyl (C=O) groups is 2. The first kappa shape index (κ1) is 23.9. The molecule has 10 heteroatoms. The molecule has 2 aromatic heterocycles. The van der Waals surface area contributed by atoms with Gasteiger partial charge in [-0.25, -0.2) is 0 Å². The molecule has 34 heavy (non-hydrogen) atoms. The molecular weight excluding hydrogens is 438 g/mol. The molecule has 10 nitrogen and oxygen atoms in total. The number of rotatable bonds is 2. The number of hydrogen-bond donors (Lipinski definition) is 1. The van der Waals surface area contributed by atoms with Crippen LogP contribution in [0.25, 0.3) is 0 Å².